The standard InChI is InChI=1S/C21H19N3O4S2/c22-12-14-28-18-7-5-17(6-8-18)24-21(25)16-3-9-20(10-4-16)30(26,27)23-13-11-19-2-1-15-29-19/h1-10,15,23H,11,13-14H2,(H,24,25). The first-order chi connectivity index (χ1) is 14.5. The van der Waals surface area contributed by atoms with Crippen LogP contribution in [0.3, 0.4) is 0 Å². The summed E-state index contributed by atoms with van der Waals surface area (Å²) < 4.78 is 32.5. The lowest BCUT2D eigenvalue weighted by Gasteiger charge is -2.09. The van der Waals surface area contributed by atoms with Crippen LogP contribution in [0.4, 0.5) is 5.69 Å². The first kappa shape index (κ1) is 21.5. The fourth-order valence-corrected chi connectivity index (χ4v) is 4.33. The molecule has 3 rings (SSSR count). The zero-order valence-electron chi connectivity index (χ0n) is 15.9. The molecule has 0 aliphatic carbocycles. The lowest BCUT2D eigenvalue weighted by molar-refractivity contribution is 0.102. The second kappa shape index (κ2) is 10.0. The molecule has 1 amide bonds. The average Bonchev–Trinajstić information content (AvgIpc) is 3.27. The van der Waals surface area contributed by atoms with Crippen molar-refractivity contribution in [2.45, 2.75) is 11.3 Å². The molecule has 0 fully saturated rings. The highest BCUT2D eigenvalue weighted by Gasteiger charge is 2.15. The molecule has 0 aliphatic rings. The van der Waals surface area contributed by atoms with Gasteiger partial charge in [-0.2, -0.15) is 5.26 Å². The van der Waals surface area contributed by atoms with Gasteiger partial charge in [0.05, 0.1) is 4.90 Å². The van der Waals surface area contributed by atoms with Gasteiger partial charge >= 0.3 is 0 Å². The van der Waals surface area contributed by atoms with Crippen molar-refractivity contribution in [3.05, 3.63) is 76.5 Å². The maximum absolute atomic E-state index is 12.4. The number of carbonyl (C=O) groups is 1. The van der Waals surface area contributed by atoms with Crippen molar-refractivity contribution in [1.29, 1.82) is 5.26 Å². The van der Waals surface area contributed by atoms with E-state index in [0.29, 0.717) is 30.0 Å². The number of hydrogen-bond donors (Lipinski definition) is 2. The highest BCUT2D eigenvalue weighted by molar-refractivity contribution is 7.89. The summed E-state index contributed by atoms with van der Waals surface area (Å²) in [4.78, 5) is 13.6. The van der Waals surface area contributed by atoms with Gasteiger partial charge in [0.15, 0.2) is 6.61 Å². The Labute approximate surface area is 179 Å². The molecule has 2 N–H and O–H groups in total. The van der Waals surface area contributed by atoms with Crippen LogP contribution in [0.5, 0.6) is 5.75 Å². The molecular formula is C21H19N3O4S2. The molecule has 3 aromatic rings. The zero-order valence-corrected chi connectivity index (χ0v) is 17.5. The van der Waals surface area contributed by atoms with Gasteiger partial charge in [-0.15, -0.1) is 11.3 Å². The third-order valence-electron chi connectivity index (χ3n) is 4.09. The van der Waals surface area contributed by atoms with Crippen molar-refractivity contribution in [2.24, 2.45) is 0 Å². The molecule has 154 valence electrons. The minimum atomic E-state index is -3.64. The monoisotopic (exact) mass is 441 g/mol. The van der Waals surface area contributed by atoms with Crippen LogP contribution in [0.1, 0.15) is 15.2 Å². The van der Waals surface area contributed by atoms with Gasteiger partial charge in [0, 0.05) is 22.7 Å². The number of ether oxygens (including phenoxy) is 1. The summed E-state index contributed by atoms with van der Waals surface area (Å²) in [5.74, 6) is 0.158. The lowest BCUT2D eigenvalue weighted by atomic mass is 10.2. The summed E-state index contributed by atoms with van der Waals surface area (Å²) >= 11 is 1.58. The highest BCUT2D eigenvalue weighted by Crippen LogP contribution is 2.17. The number of nitriles is 1. The minimum Gasteiger partial charge on any atom is -0.479 e. The Kier molecular flexibility index (Phi) is 7.19. The third-order valence-corrected chi connectivity index (χ3v) is 6.50. The van der Waals surface area contributed by atoms with Crippen molar-refractivity contribution in [3.8, 4) is 11.8 Å². The predicted molar refractivity (Wildman–Crippen MR) is 115 cm³/mol. The van der Waals surface area contributed by atoms with Crippen molar-refractivity contribution < 1.29 is 17.9 Å². The maximum Gasteiger partial charge on any atom is 0.255 e. The van der Waals surface area contributed by atoms with Crippen LogP contribution >= 0.6 is 11.3 Å². The molecule has 7 nitrogen and oxygen atoms in total. The molecule has 0 saturated carbocycles. The van der Waals surface area contributed by atoms with Gasteiger partial charge in [-0.3, -0.25) is 4.79 Å². The van der Waals surface area contributed by atoms with Gasteiger partial charge in [-0.1, -0.05) is 6.07 Å². The summed E-state index contributed by atoms with van der Waals surface area (Å²) in [5.41, 5.74) is 0.883. The molecular weight excluding hydrogens is 422 g/mol. The topological polar surface area (TPSA) is 108 Å². The fraction of sp³-hybridized carbons (Fsp3) is 0.143. The number of carbonyl (C=O) groups excluding carboxylic acids is 1. The number of anilines is 1. The van der Waals surface area contributed by atoms with Crippen molar-refractivity contribution in [3.63, 3.8) is 0 Å². The number of rotatable bonds is 9. The van der Waals surface area contributed by atoms with Crippen LogP contribution in [0, 0.1) is 11.3 Å². The van der Waals surface area contributed by atoms with E-state index in [1.807, 2.05) is 23.6 Å². The fourth-order valence-electron chi connectivity index (χ4n) is 2.59. The SMILES string of the molecule is N#CCOc1ccc(NC(=O)c2ccc(S(=O)(=O)NCCc3cccs3)cc2)cc1. The van der Waals surface area contributed by atoms with Crippen LogP contribution < -0.4 is 14.8 Å². The molecule has 0 spiro atoms. The first-order valence-corrected chi connectivity index (χ1v) is 11.4. The number of nitrogens with zero attached hydrogens (tertiary/aromatic N) is 1. The minimum absolute atomic E-state index is 0.0517. The molecule has 9 heteroatoms. The van der Waals surface area contributed by atoms with Crippen LogP contribution in [0.15, 0.2) is 70.9 Å². The molecule has 1 heterocycles. The van der Waals surface area contributed by atoms with Gasteiger partial charge in [0.2, 0.25) is 10.0 Å². The normalized spacial score (nSPS) is 10.9. The van der Waals surface area contributed by atoms with E-state index < -0.39 is 10.0 Å². The van der Waals surface area contributed by atoms with E-state index in [9.17, 15) is 13.2 Å². The molecule has 0 radical (unpaired) electrons. The number of benzene rings is 2. The Bertz CT molecular complexity index is 1120. The molecule has 2 aromatic carbocycles. The molecule has 0 saturated heterocycles. The van der Waals surface area contributed by atoms with E-state index in [1.54, 1.807) is 35.6 Å². The third kappa shape index (κ3) is 5.90. The Balaban J connectivity index is 1.57. The summed E-state index contributed by atoms with van der Waals surface area (Å²) in [6, 6.07) is 18.1. The quantitative estimate of drug-likeness (QED) is 0.529. The van der Waals surface area contributed by atoms with Crippen molar-refractivity contribution >= 4 is 33.0 Å². The van der Waals surface area contributed by atoms with Crippen molar-refractivity contribution in [1.82, 2.24) is 4.72 Å². The van der Waals surface area contributed by atoms with Gasteiger partial charge in [-0.05, 0) is 66.4 Å². The van der Waals surface area contributed by atoms with E-state index in [2.05, 4.69) is 10.0 Å². The smallest absolute Gasteiger partial charge is 0.255 e. The number of thiophene rings is 1. The van der Waals surface area contributed by atoms with Crippen LogP contribution in [-0.4, -0.2) is 27.5 Å². The number of sulfonamides is 1. The Morgan fingerprint density at radius 2 is 1.80 bits per heavy atom. The largest absolute Gasteiger partial charge is 0.479 e. The predicted octanol–water partition coefficient (Wildman–Crippen LogP) is 3.42. The van der Waals surface area contributed by atoms with E-state index in [0.717, 1.165) is 4.88 Å². The van der Waals surface area contributed by atoms with Crippen LogP contribution in [0.2, 0.25) is 0 Å². The number of hydrogen-bond acceptors (Lipinski definition) is 6. The highest BCUT2D eigenvalue weighted by atomic mass is 32.2. The summed E-state index contributed by atoms with van der Waals surface area (Å²) in [7, 11) is -3.64. The van der Waals surface area contributed by atoms with Crippen LogP contribution in [0.25, 0.3) is 0 Å². The number of nitrogens with one attached hydrogen (secondary N) is 2. The van der Waals surface area contributed by atoms with Gasteiger partial charge < -0.3 is 10.1 Å². The molecule has 0 unspecified atom stereocenters. The van der Waals surface area contributed by atoms with Crippen LogP contribution in [-0.2, 0) is 16.4 Å². The second-order valence-electron chi connectivity index (χ2n) is 6.18. The van der Waals surface area contributed by atoms with Gasteiger partial charge in [0.25, 0.3) is 5.91 Å². The number of amides is 1. The van der Waals surface area contributed by atoms with Gasteiger partial charge in [0.1, 0.15) is 11.8 Å². The Morgan fingerprint density at radius 1 is 1.07 bits per heavy atom. The zero-order chi connectivity index (χ0) is 21.4. The van der Waals surface area contributed by atoms with E-state index >= 15 is 0 Å². The molecule has 1 aromatic heterocycles. The Hall–Kier alpha value is -3.19. The summed E-state index contributed by atoms with van der Waals surface area (Å²) in [6.07, 6.45) is 0.623. The molecule has 0 bridgehead atoms. The van der Waals surface area contributed by atoms with Crippen molar-refractivity contribution in [2.75, 3.05) is 18.5 Å². The Morgan fingerprint density at radius 3 is 2.43 bits per heavy atom. The average molecular weight is 442 g/mol. The van der Waals surface area contributed by atoms with Gasteiger partial charge in [-0.25, -0.2) is 13.1 Å². The maximum atomic E-state index is 12.4. The summed E-state index contributed by atoms with van der Waals surface area (Å²) in [5, 5.41) is 13.2. The second-order valence-corrected chi connectivity index (χ2v) is 8.98. The molecule has 30 heavy (non-hydrogen) atoms. The molecule has 0 atom stereocenters. The van der Waals surface area contributed by atoms with E-state index in [-0.39, 0.29) is 17.4 Å². The van der Waals surface area contributed by atoms with E-state index in [1.165, 1.54) is 24.3 Å². The molecule has 0 aliphatic heterocycles. The summed E-state index contributed by atoms with van der Waals surface area (Å²) in [6.45, 7) is 0.253. The van der Waals surface area contributed by atoms with E-state index in [4.69, 9.17) is 10.00 Å². The lowest BCUT2D eigenvalue weighted by Crippen LogP contribution is -2.26. The first-order valence-electron chi connectivity index (χ1n) is 9.01.